The molecular weight excluding hydrogens is 304 g/mol. The number of aromatic nitrogens is 2. The molecule has 0 saturated heterocycles. The van der Waals surface area contributed by atoms with Gasteiger partial charge < -0.3 is 10.3 Å². The molecule has 5 heteroatoms. The highest BCUT2D eigenvalue weighted by molar-refractivity contribution is 9.10. The van der Waals surface area contributed by atoms with E-state index in [1.54, 1.807) is 0 Å². The second-order valence-electron chi connectivity index (χ2n) is 4.79. The average Bonchev–Trinajstić information content (AvgIpc) is 2.82. The Bertz CT molecular complexity index is 645. The van der Waals surface area contributed by atoms with Crippen molar-refractivity contribution in [2.75, 3.05) is 0 Å². The number of rotatable bonds is 2. The minimum absolute atomic E-state index is 0.0783. The summed E-state index contributed by atoms with van der Waals surface area (Å²) < 4.78 is 3.01. The van der Waals surface area contributed by atoms with Gasteiger partial charge in [-0.15, -0.1) is 0 Å². The highest BCUT2D eigenvalue weighted by Crippen LogP contribution is 2.26. The van der Waals surface area contributed by atoms with E-state index in [1.165, 1.54) is 24.2 Å². The van der Waals surface area contributed by atoms with Crippen LogP contribution in [-0.2, 0) is 12.8 Å². The van der Waals surface area contributed by atoms with E-state index in [1.807, 2.05) is 24.5 Å². The number of nitrogens with one attached hydrogen (secondary N) is 1. The summed E-state index contributed by atoms with van der Waals surface area (Å²) in [5.41, 5.74) is 9.81. The molecule has 0 spiro atoms. The zero-order valence-corrected chi connectivity index (χ0v) is 12.1. The van der Waals surface area contributed by atoms with Crippen molar-refractivity contribution in [1.29, 1.82) is 5.41 Å². The van der Waals surface area contributed by atoms with E-state index < -0.39 is 0 Å². The summed E-state index contributed by atoms with van der Waals surface area (Å²) in [7, 11) is 0. The monoisotopic (exact) mass is 318 g/mol. The molecule has 0 saturated carbocycles. The summed E-state index contributed by atoms with van der Waals surface area (Å²) >= 11 is 3.43. The Balaban J connectivity index is 2.17. The van der Waals surface area contributed by atoms with E-state index in [2.05, 4.69) is 25.5 Å². The molecule has 1 heterocycles. The molecule has 19 heavy (non-hydrogen) atoms. The van der Waals surface area contributed by atoms with Crippen molar-refractivity contribution in [3.63, 3.8) is 0 Å². The maximum absolute atomic E-state index is 7.74. The van der Waals surface area contributed by atoms with Gasteiger partial charge >= 0.3 is 0 Å². The van der Waals surface area contributed by atoms with Gasteiger partial charge in [-0.2, -0.15) is 0 Å². The third-order valence-electron chi connectivity index (χ3n) is 3.54. The number of halogens is 1. The molecular formula is C14H15BrN4. The van der Waals surface area contributed by atoms with Gasteiger partial charge in [-0.05, 0) is 43.9 Å². The fraction of sp³-hybridized carbons (Fsp3) is 0.286. The van der Waals surface area contributed by atoms with Crippen LogP contribution in [0, 0.1) is 5.41 Å². The fourth-order valence-electron chi connectivity index (χ4n) is 2.61. The lowest BCUT2D eigenvalue weighted by molar-refractivity contribution is 0.656. The first-order valence-corrected chi connectivity index (χ1v) is 7.15. The lowest BCUT2D eigenvalue weighted by Crippen LogP contribution is -2.16. The SMILES string of the molecule is N=C(N)c1cc(Br)ccc1-n1cnc2c1CCCC2. The molecule has 3 rings (SSSR count). The highest BCUT2D eigenvalue weighted by Gasteiger charge is 2.18. The molecule has 1 aliphatic rings. The van der Waals surface area contributed by atoms with E-state index in [4.69, 9.17) is 11.1 Å². The summed E-state index contributed by atoms with van der Waals surface area (Å²) in [6.45, 7) is 0. The molecule has 0 unspecified atom stereocenters. The third kappa shape index (κ3) is 2.18. The molecule has 98 valence electrons. The Morgan fingerprint density at radius 3 is 2.89 bits per heavy atom. The summed E-state index contributed by atoms with van der Waals surface area (Å²) in [5.74, 6) is 0.0783. The van der Waals surface area contributed by atoms with Crippen LogP contribution in [0.25, 0.3) is 5.69 Å². The van der Waals surface area contributed by atoms with Crippen molar-refractivity contribution in [1.82, 2.24) is 9.55 Å². The maximum atomic E-state index is 7.74. The molecule has 0 bridgehead atoms. The van der Waals surface area contributed by atoms with Gasteiger partial charge in [-0.1, -0.05) is 15.9 Å². The number of imidazole rings is 1. The lowest BCUT2D eigenvalue weighted by atomic mass is 10.0. The molecule has 1 aliphatic carbocycles. The number of fused-ring (bicyclic) bond motifs is 1. The second kappa shape index (κ2) is 4.81. The Labute approximate surface area is 120 Å². The minimum atomic E-state index is 0.0783. The van der Waals surface area contributed by atoms with Crippen LogP contribution < -0.4 is 5.73 Å². The molecule has 0 fully saturated rings. The highest BCUT2D eigenvalue weighted by atomic mass is 79.9. The molecule has 0 aliphatic heterocycles. The van der Waals surface area contributed by atoms with Crippen molar-refractivity contribution in [3.05, 3.63) is 46.0 Å². The van der Waals surface area contributed by atoms with Gasteiger partial charge in [0.15, 0.2) is 0 Å². The summed E-state index contributed by atoms with van der Waals surface area (Å²) in [4.78, 5) is 4.50. The van der Waals surface area contributed by atoms with Crippen LogP contribution in [0.2, 0.25) is 0 Å². The number of benzene rings is 1. The van der Waals surface area contributed by atoms with Gasteiger partial charge in [-0.3, -0.25) is 5.41 Å². The first-order valence-electron chi connectivity index (χ1n) is 6.36. The van der Waals surface area contributed by atoms with E-state index in [0.717, 1.165) is 28.6 Å². The van der Waals surface area contributed by atoms with Crippen LogP contribution in [-0.4, -0.2) is 15.4 Å². The Morgan fingerprint density at radius 1 is 1.32 bits per heavy atom. The van der Waals surface area contributed by atoms with Crippen molar-refractivity contribution < 1.29 is 0 Å². The molecule has 0 amide bonds. The van der Waals surface area contributed by atoms with Crippen LogP contribution >= 0.6 is 15.9 Å². The molecule has 0 radical (unpaired) electrons. The predicted octanol–water partition coefficient (Wildman–Crippen LogP) is 2.80. The van der Waals surface area contributed by atoms with Crippen LogP contribution in [0.4, 0.5) is 0 Å². The average molecular weight is 319 g/mol. The lowest BCUT2D eigenvalue weighted by Gasteiger charge is -2.16. The first kappa shape index (κ1) is 12.4. The molecule has 0 atom stereocenters. The van der Waals surface area contributed by atoms with Crippen LogP contribution in [0.5, 0.6) is 0 Å². The van der Waals surface area contributed by atoms with Crippen LogP contribution in [0.3, 0.4) is 0 Å². The standard InChI is InChI=1S/C14H15BrN4/c15-9-5-6-12(10(7-9)14(16)17)19-8-18-11-3-1-2-4-13(11)19/h5-8H,1-4H2,(H3,16,17). The molecule has 1 aromatic carbocycles. The van der Waals surface area contributed by atoms with Crippen molar-refractivity contribution in [2.45, 2.75) is 25.7 Å². The number of aryl methyl sites for hydroxylation is 1. The summed E-state index contributed by atoms with van der Waals surface area (Å²) in [6.07, 6.45) is 6.36. The Kier molecular flexibility index (Phi) is 3.14. The number of hydrogen-bond acceptors (Lipinski definition) is 2. The zero-order valence-electron chi connectivity index (χ0n) is 10.5. The van der Waals surface area contributed by atoms with Crippen molar-refractivity contribution in [2.24, 2.45) is 5.73 Å². The van der Waals surface area contributed by atoms with E-state index in [-0.39, 0.29) is 5.84 Å². The first-order chi connectivity index (χ1) is 9.16. The second-order valence-corrected chi connectivity index (χ2v) is 5.71. The van der Waals surface area contributed by atoms with Gasteiger partial charge in [0.2, 0.25) is 0 Å². The Hall–Kier alpha value is -1.62. The number of nitrogen functional groups attached to an aromatic ring is 1. The normalized spacial score (nSPS) is 14.2. The minimum Gasteiger partial charge on any atom is -0.384 e. The number of nitrogens with two attached hydrogens (primary N) is 1. The van der Waals surface area contributed by atoms with E-state index in [9.17, 15) is 0 Å². The zero-order chi connectivity index (χ0) is 13.4. The molecule has 1 aromatic heterocycles. The number of amidine groups is 1. The summed E-state index contributed by atoms with van der Waals surface area (Å²) in [5, 5.41) is 7.74. The molecule has 3 N–H and O–H groups in total. The largest absolute Gasteiger partial charge is 0.384 e. The van der Waals surface area contributed by atoms with Gasteiger partial charge in [0.25, 0.3) is 0 Å². The Morgan fingerprint density at radius 2 is 2.11 bits per heavy atom. The quantitative estimate of drug-likeness (QED) is 0.660. The van der Waals surface area contributed by atoms with E-state index in [0.29, 0.717) is 0 Å². The molecule has 2 aromatic rings. The molecule has 4 nitrogen and oxygen atoms in total. The topological polar surface area (TPSA) is 67.7 Å². The van der Waals surface area contributed by atoms with Gasteiger partial charge in [0, 0.05) is 15.7 Å². The van der Waals surface area contributed by atoms with Crippen molar-refractivity contribution in [3.8, 4) is 5.69 Å². The van der Waals surface area contributed by atoms with Gasteiger partial charge in [0.1, 0.15) is 5.84 Å². The number of hydrogen-bond donors (Lipinski definition) is 2. The van der Waals surface area contributed by atoms with Crippen molar-refractivity contribution >= 4 is 21.8 Å². The predicted molar refractivity (Wildman–Crippen MR) is 78.9 cm³/mol. The van der Waals surface area contributed by atoms with Gasteiger partial charge in [0.05, 0.1) is 17.7 Å². The number of nitrogens with zero attached hydrogens (tertiary/aromatic N) is 2. The van der Waals surface area contributed by atoms with E-state index >= 15 is 0 Å². The van der Waals surface area contributed by atoms with Crippen LogP contribution in [0.1, 0.15) is 29.8 Å². The smallest absolute Gasteiger partial charge is 0.124 e. The fourth-order valence-corrected chi connectivity index (χ4v) is 2.97. The summed E-state index contributed by atoms with van der Waals surface area (Å²) in [6, 6.07) is 5.83. The van der Waals surface area contributed by atoms with Gasteiger partial charge in [-0.25, -0.2) is 4.98 Å². The van der Waals surface area contributed by atoms with Crippen LogP contribution in [0.15, 0.2) is 29.0 Å². The third-order valence-corrected chi connectivity index (χ3v) is 4.03. The maximum Gasteiger partial charge on any atom is 0.124 e.